The van der Waals surface area contributed by atoms with Gasteiger partial charge in [0, 0.05) is 11.9 Å². The summed E-state index contributed by atoms with van der Waals surface area (Å²) in [5.41, 5.74) is 1.11. The van der Waals surface area contributed by atoms with Crippen molar-refractivity contribution >= 4 is 40.8 Å². The molecule has 0 aliphatic carbocycles. The molecule has 5 nitrogen and oxygen atoms in total. The lowest BCUT2D eigenvalue weighted by Crippen LogP contribution is -2.33. The van der Waals surface area contributed by atoms with Gasteiger partial charge in [0.15, 0.2) is 0 Å². The summed E-state index contributed by atoms with van der Waals surface area (Å²) in [6, 6.07) is 10.2. The van der Waals surface area contributed by atoms with Crippen LogP contribution >= 0.6 is 23.2 Å². The summed E-state index contributed by atoms with van der Waals surface area (Å²) in [6.07, 6.45) is 1.43. The number of amides is 3. The number of benzene rings is 1. The molecule has 0 saturated carbocycles. The summed E-state index contributed by atoms with van der Waals surface area (Å²) >= 11 is 11.8. The highest BCUT2D eigenvalue weighted by atomic mass is 35.5. The van der Waals surface area contributed by atoms with Gasteiger partial charge in [-0.2, -0.15) is 0 Å². The van der Waals surface area contributed by atoms with E-state index in [2.05, 4.69) is 4.98 Å². The van der Waals surface area contributed by atoms with Crippen molar-refractivity contribution in [1.29, 1.82) is 0 Å². The number of rotatable bonds is 3. The van der Waals surface area contributed by atoms with Crippen LogP contribution in [-0.4, -0.2) is 28.4 Å². The van der Waals surface area contributed by atoms with Gasteiger partial charge in [-0.25, -0.2) is 4.79 Å². The maximum atomic E-state index is 12.4. The number of nitrogens with zero attached hydrogens (tertiary/aromatic N) is 3. The Balaban J connectivity index is 1.83. The van der Waals surface area contributed by atoms with E-state index in [0.717, 1.165) is 4.90 Å². The molecule has 2 heterocycles. The molecule has 0 bridgehead atoms. The Hall–Kier alpha value is -2.11. The highest BCUT2D eigenvalue weighted by Crippen LogP contribution is 2.24. The molecule has 0 unspecified atom stereocenters. The Morgan fingerprint density at radius 1 is 1.14 bits per heavy atom. The van der Waals surface area contributed by atoms with Crippen molar-refractivity contribution in [2.24, 2.45) is 0 Å². The molecule has 0 atom stereocenters. The van der Waals surface area contributed by atoms with Gasteiger partial charge < -0.3 is 0 Å². The Labute approximate surface area is 137 Å². The Bertz CT molecular complexity index is 737. The third kappa shape index (κ3) is 2.77. The number of imide groups is 1. The Morgan fingerprint density at radius 2 is 1.86 bits per heavy atom. The summed E-state index contributed by atoms with van der Waals surface area (Å²) in [5, 5.41) is 0.727. The molecule has 22 heavy (non-hydrogen) atoms. The van der Waals surface area contributed by atoms with Crippen molar-refractivity contribution in [3.05, 3.63) is 58.3 Å². The van der Waals surface area contributed by atoms with E-state index in [1.165, 1.54) is 17.2 Å². The van der Waals surface area contributed by atoms with Gasteiger partial charge >= 0.3 is 6.03 Å². The van der Waals surface area contributed by atoms with Crippen LogP contribution in [0.1, 0.15) is 5.69 Å². The smallest absolute Gasteiger partial charge is 0.285 e. The molecule has 3 amide bonds. The highest BCUT2D eigenvalue weighted by molar-refractivity contribution is 6.34. The fourth-order valence-electron chi connectivity index (χ4n) is 2.22. The summed E-state index contributed by atoms with van der Waals surface area (Å²) in [6.45, 7) is 0.0328. The van der Waals surface area contributed by atoms with Crippen molar-refractivity contribution in [3.8, 4) is 0 Å². The van der Waals surface area contributed by atoms with Crippen LogP contribution in [0.2, 0.25) is 10.0 Å². The van der Waals surface area contributed by atoms with E-state index in [1.54, 1.807) is 12.1 Å². The summed E-state index contributed by atoms with van der Waals surface area (Å²) < 4.78 is 0. The van der Waals surface area contributed by atoms with Gasteiger partial charge in [-0.05, 0) is 18.2 Å². The number of pyridine rings is 1. The Morgan fingerprint density at radius 3 is 2.55 bits per heavy atom. The predicted molar refractivity (Wildman–Crippen MR) is 84.0 cm³/mol. The van der Waals surface area contributed by atoms with E-state index < -0.39 is 0 Å². The van der Waals surface area contributed by atoms with Gasteiger partial charge in [-0.3, -0.25) is 19.6 Å². The van der Waals surface area contributed by atoms with Gasteiger partial charge in [-0.15, -0.1) is 0 Å². The standard InChI is InChI=1S/C15H11Cl2N3O2/c16-10-6-12(17)13(18-7-10)8-20-14(21)9-19(15(20)22)11-4-2-1-3-5-11/h1-7H,8-9H2. The van der Waals surface area contributed by atoms with Crippen LogP contribution in [0.4, 0.5) is 10.5 Å². The molecule has 1 aromatic heterocycles. The van der Waals surface area contributed by atoms with Crippen LogP contribution in [0.25, 0.3) is 0 Å². The minimum Gasteiger partial charge on any atom is -0.285 e. The first kappa shape index (κ1) is 14.8. The van der Waals surface area contributed by atoms with Gasteiger partial charge in [0.05, 0.1) is 22.3 Å². The molecular formula is C15H11Cl2N3O2. The number of halogens is 2. The van der Waals surface area contributed by atoms with Crippen LogP contribution in [-0.2, 0) is 11.3 Å². The van der Waals surface area contributed by atoms with Crippen molar-refractivity contribution in [2.75, 3.05) is 11.4 Å². The quantitative estimate of drug-likeness (QED) is 0.808. The molecule has 3 rings (SSSR count). The van der Waals surface area contributed by atoms with Crippen LogP contribution in [0.5, 0.6) is 0 Å². The van der Waals surface area contributed by atoms with Crippen molar-refractivity contribution < 1.29 is 9.59 Å². The monoisotopic (exact) mass is 335 g/mol. The highest BCUT2D eigenvalue weighted by Gasteiger charge is 2.37. The molecule has 1 aliphatic heterocycles. The van der Waals surface area contributed by atoms with Crippen LogP contribution in [0.15, 0.2) is 42.6 Å². The minimum absolute atomic E-state index is 0.00799. The molecule has 1 aromatic carbocycles. The number of para-hydroxylation sites is 1. The fraction of sp³-hybridized carbons (Fsp3) is 0.133. The van der Waals surface area contributed by atoms with Gasteiger partial charge in [0.1, 0.15) is 6.54 Å². The second-order valence-corrected chi connectivity index (χ2v) is 5.61. The van der Waals surface area contributed by atoms with Crippen LogP contribution < -0.4 is 4.90 Å². The van der Waals surface area contributed by atoms with Crippen LogP contribution in [0, 0.1) is 0 Å². The number of anilines is 1. The van der Waals surface area contributed by atoms with Gasteiger partial charge in [0.2, 0.25) is 0 Å². The van der Waals surface area contributed by atoms with Crippen molar-refractivity contribution in [2.45, 2.75) is 6.54 Å². The molecule has 0 radical (unpaired) electrons. The normalized spacial score (nSPS) is 14.8. The zero-order chi connectivity index (χ0) is 15.7. The van der Waals surface area contributed by atoms with E-state index in [1.807, 2.05) is 18.2 Å². The van der Waals surface area contributed by atoms with E-state index in [0.29, 0.717) is 21.4 Å². The Kier molecular flexibility index (Phi) is 4.00. The lowest BCUT2D eigenvalue weighted by atomic mass is 10.3. The van der Waals surface area contributed by atoms with E-state index in [4.69, 9.17) is 23.2 Å². The van der Waals surface area contributed by atoms with Crippen molar-refractivity contribution in [1.82, 2.24) is 9.88 Å². The predicted octanol–water partition coefficient (Wildman–Crippen LogP) is 3.36. The zero-order valence-corrected chi connectivity index (χ0v) is 12.9. The zero-order valence-electron chi connectivity index (χ0n) is 11.4. The third-order valence-electron chi connectivity index (χ3n) is 3.32. The molecule has 0 spiro atoms. The molecule has 7 heteroatoms. The van der Waals surface area contributed by atoms with Gasteiger partial charge in [0.25, 0.3) is 5.91 Å². The van der Waals surface area contributed by atoms with E-state index in [9.17, 15) is 9.59 Å². The fourth-order valence-corrected chi connectivity index (χ4v) is 2.65. The van der Waals surface area contributed by atoms with E-state index in [-0.39, 0.29) is 25.0 Å². The SMILES string of the molecule is O=C1CN(c2ccccc2)C(=O)N1Cc1ncc(Cl)cc1Cl. The molecular weight excluding hydrogens is 325 g/mol. The summed E-state index contributed by atoms with van der Waals surface area (Å²) in [7, 11) is 0. The molecule has 1 saturated heterocycles. The third-order valence-corrected chi connectivity index (χ3v) is 3.85. The first-order chi connectivity index (χ1) is 10.6. The second kappa shape index (κ2) is 5.94. The first-order valence-corrected chi connectivity index (χ1v) is 7.28. The number of hydrogen-bond acceptors (Lipinski definition) is 3. The number of carbonyl (C=O) groups excluding carboxylic acids is 2. The maximum absolute atomic E-state index is 12.4. The van der Waals surface area contributed by atoms with E-state index >= 15 is 0 Å². The topological polar surface area (TPSA) is 53.5 Å². The number of aromatic nitrogens is 1. The second-order valence-electron chi connectivity index (χ2n) is 4.77. The molecule has 1 aliphatic rings. The van der Waals surface area contributed by atoms with Gasteiger partial charge in [-0.1, -0.05) is 41.4 Å². The largest absolute Gasteiger partial charge is 0.332 e. The minimum atomic E-state index is -0.385. The number of urea groups is 1. The molecule has 112 valence electrons. The molecule has 2 aromatic rings. The average Bonchev–Trinajstić information content (AvgIpc) is 2.79. The summed E-state index contributed by atoms with van der Waals surface area (Å²) in [4.78, 5) is 31.2. The summed E-state index contributed by atoms with van der Waals surface area (Å²) in [5.74, 6) is -0.290. The molecule has 1 fully saturated rings. The number of carbonyl (C=O) groups is 2. The lowest BCUT2D eigenvalue weighted by molar-refractivity contribution is -0.125. The van der Waals surface area contributed by atoms with Crippen molar-refractivity contribution in [3.63, 3.8) is 0 Å². The number of hydrogen-bond donors (Lipinski definition) is 0. The first-order valence-electron chi connectivity index (χ1n) is 6.53. The lowest BCUT2D eigenvalue weighted by Gasteiger charge is -2.17. The maximum Gasteiger partial charge on any atom is 0.332 e. The van der Waals surface area contributed by atoms with Crippen LogP contribution in [0.3, 0.4) is 0 Å². The average molecular weight is 336 g/mol. The molecule has 0 N–H and O–H groups in total.